The Morgan fingerprint density at radius 3 is 2.19 bits per heavy atom. The van der Waals surface area contributed by atoms with Gasteiger partial charge < -0.3 is 0 Å². The molecular formula is C12H9PS3. The number of rotatable bonds is 2. The lowest BCUT2D eigenvalue weighted by atomic mass is 10.2. The van der Waals surface area contributed by atoms with Crippen LogP contribution in [0.4, 0.5) is 0 Å². The van der Waals surface area contributed by atoms with Crippen molar-refractivity contribution in [3.63, 3.8) is 0 Å². The molecule has 0 amide bonds. The average molecular weight is 280 g/mol. The molecule has 0 bridgehead atoms. The fraction of sp³-hybridized carbons (Fsp3) is 0. The third kappa shape index (κ3) is 1.78. The smallest absolute Gasteiger partial charge is 0.0535 e. The first-order valence-corrected chi connectivity index (χ1v) is 8.02. The van der Waals surface area contributed by atoms with Gasteiger partial charge in [-0.1, -0.05) is 12.1 Å². The largest absolute Gasteiger partial charge is 0.144 e. The molecule has 3 rings (SSSR count). The zero-order chi connectivity index (χ0) is 11.0. The van der Waals surface area contributed by atoms with Crippen molar-refractivity contribution in [1.29, 1.82) is 0 Å². The van der Waals surface area contributed by atoms with Gasteiger partial charge in [-0.2, -0.15) is 0 Å². The van der Waals surface area contributed by atoms with Crippen LogP contribution in [-0.2, 0) is 0 Å². The quantitative estimate of drug-likeness (QED) is 0.597. The maximum Gasteiger partial charge on any atom is 0.0535 e. The first kappa shape index (κ1) is 10.7. The van der Waals surface area contributed by atoms with E-state index in [4.69, 9.17) is 0 Å². The summed E-state index contributed by atoms with van der Waals surface area (Å²) in [5.41, 5.74) is 1.38. The van der Waals surface area contributed by atoms with Gasteiger partial charge in [0.05, 0.1) is 4.88 Å². The van der Waals surface area contributed by atoms with Gasteiger partial charge in [0.2, 0.25) is 0 Å². The lowest BCUT2D eigenvalue weighted by molar-refractivity contribution is 1.90. The molecule has 0 spiro atoms. The van der Waals surface area contributed by atoms with Crippen molar-refractivity contribution in [1.82, 2.24) is 0 Å². The van der Waals surface area contributed by atoms with E-state index in [2.05, 4.69) is 49.6 Å². The van der Waals surface area contributed by atoms with E-state index < -0.39 is 0 Å². The minimum atomic E-state index is 1.30. The lowest BCUT2D eigenvalue weighted by Gasteiger charge is -2.00. The number of thiophene rings is 3. The van der Waals surface area contributed by atoms with E-state index in [0.29, 0.717) is 0 Å². The normalized spacial score (nSPS) is 10.8. The topological polar surface area (TPSA) is 0 Å². The van der Waals surface area contributed by atoms with Gasteiger partial charge in [0.1, 0.15) is 0 Å². The van der Waals surface area contributed by atoms with E-state index in [1.807, 2.05) is 11.3 Å². The highest BCUT2D eigenvalue weighted by Gasteiger charge is 2.14. The third-order valence-electron chi connectivity index (χ3n) is 2.33. The maximum atomic E-state index is 2.84. The molecule has 0 saturated carbocycles. The highest BCUT2D eigenvalue weighted by molar-refractivity contribution is 7.32. The van der Waals surface area contributed by atoms with Gasteiger partial charge in [-0.05, 0) is 33.6 Å². The summed E-state index contributed by atoms with van der Waals surface area (Å²) in [6.45, 7) is 0. The summed E-state index contributed by atoms with van der Waals surface area (Å²) in [6, 6.07) is 8.61. The molecule has 3 heterocycles. The minimum Gasteiger partial charge on any atom is -0.144 e. The minimum absolute atomic E-state index is 1.30. The van der Waals surface area contributed by atoms with Gasteiger partial charge >= 0.3 is 0 Å². The Labute approximate surface area is 109 Å². The molecule has 3 aromatic heterocycles. The van der Waals surface area contributed by atoms with Crippen molar-refractivity contribution in [2.45, 2.75) is 0 Å². The molecule has 3 aromatic rings. The molecule has 0 radical (unpaired) electrons. The van der Waals surface area contributed by atoms with E-state index in [-0.39, 0.29) is 0 Å². The highest BCUT2D eigenvalue weighted by Crippen LogP contribution is 2.40. The molecule has 0 fully saturated rings. The predicted molar refractivity (Wildman–Crippen MR) is 80.3 cm³/mol. The van der Waals surface area contributed by atoms with Crippen molar-refractivity contribution in [3.8, 4) is 20.2 Å². The molecular weight excluding hydrogens is 271 g/mol. The molecule has 0 aliphatic heterocycles. The summed E-state index contributed by atoms with van der Waals surface area (Å²) >= 11 is 5.44. The summed E-state index contributed by atoms with van der Waals surface area (Å²) < 4.78 is 0. The molecule has 0 aromatic carbocycles. The standard InChI is InChI=1S/C12H9PS3/c13-8-7-16-12(10-4-2-6-15-10)11(8)9-3-1-5-14-9/h1-7H,13H2. The van der Waals surface area contributed by atoms with Gasteiger partial charge in [0.15, 0.2) is 0 Å². The van der Waals surface area contributed by atoms with E-state index in [1.54, 1.807) is 22.7 Å². The van der Waals surface area contributed by atoms with E-state index in [1.165, 1.54) is 25.5 Å². The Kier molecular flexibility index (Phi) is 2.95. The SMILES string of the molecule is Pc1csc(-c2cccs2)c1-c1cccs1. The van der Waals surface area contributed by atoms with E-state index in [9.17, 15) is 0 Å². The second kappa shape index (κ2) is 4.42. The zero-order valence-corrected chi connectivity index (χ0v) is 11.9. The van der Waals surface area contributed by atoms with Crippen LogP contribution < -0.4 is 5.30 Å². The second-order valence-electron chi connectivity index (χ2n) is 3.35. The Bertz CT molecular complexity index is 576. The summed E-state index contributed by atoms with van der Waals surface area (Å²) in [5, 5.41) is 7.79. The van der Waals surface area contributed by atoms with Crippen molar-refractivity contribution in [2.24, 2.45) is 0 Å². The van der Waals surface area contributed by atoms with Crippen LogP contribution in [0.5, 0.6) is 0 Å². The van der Waals surface area contributed by atoms with Gasteiger partial charge in [0, 0.05) is 15.3 Å². The van der Waals surface area contributed by atoms with Crippen LogP contribution in [0, 0.1) is 0 Å². The predicted octanol–water partition coefficient (Wildman–Crippen LogP) is 4.71. The highest BCUT2D eigenvalue weighted by atomic mass is 32.1. The van der Waals surface area contributed by atoms with Gasteiger partial charge in [0.25, 0.3) is 0 Å². The maximum absolute atomic E-state index is 2.84. The first-order chi connectivity index (χ1) is 7.86. The summed E-state index contributed by atoms with van der Waals surface area (Å²) in [4.78, 5) is 4.11. The number of hydrogen-bond donors (Lipinski definition) is 0. The van der Waals surface area contributed by atoms with Crippen LogP contribution in [0.1, 0.15) is 0 Å². The number of hydrogen-bond acceptors (Lipinski definition) is 3. The van der Waals surface area contributed by atoms with Crippen LogP contribution in [0.3, 0.4) is 0 Å². The van der Waals surface area contributed by atoms with Crippen LogP contribution in [0.2, 0.25) is 0 Å². The van der Waals surface area contributed by atoms with Crippen molar-refractivity contribution >= 4 is 48.6 Å². The molecule has 1 unspecified atom stereocenters. The Balaban J connectivity index is 2.21. The van der Waals surface area contributed by atoms with Crippen molar-refractivity contribution in [2.75, 3.05) is 0 Å². The van der Waals surface area contributed by atoms with Gasteiger partial charge in [-0.15, -0.1) is 43.3 Å². The van der Waals surface area contributed by atoms with Gasteiger partial charge in [-0.25, -0.2) is 0 Å². The Morgan fingerprint density at radius 2 is 1.56 bits per heavy atom. The molecule has 0 N–H and O–H groups in total. The second-order valence-corrected chi connectivity index (χ2v) is 6.75. The molecule has 0 aliphatic rings. The Hall–Kier alpha value is -0.470. The lowest BCUT2D eigenvalue weighted by Crippen LogP contribution is -1.88. The van der Waals surface area contributed by atoms with Crippen LogP contribution in [0.15, 0.2) is 40.4 Å². The zero-order valence-electron chi connectivity index (χ0n) is 8.34. The molecule has 0 aliphatic carbocycles. The molecule has 0 saturated heterocycles. The van der Waals surface area contributed by atoms with E-state index >= 15 is 0 Å². The fourth-order valence-corrected chi connectivity index (χ4v) is 5.06. The van der Waals surface area contributed by atoms with E-state index in [0.717, 1.165) is 0 Å². The van der Waals surface area contributed by atoms with Gasteiger partial charge in [-0.3, -0.25) is 0 Å². The first-order valence-electron chi connectivity index (χ1n) is 4.81. The van der Waals surface area contributed by atoms with Crippen LogP contribution >= 0.6 is 43.3 Å². The monoisotopic (exact) mass is 280 g/mol. The summed E-state index contributed by atoms with van der Waals surface area (Å²) in [5.74, 6) is 0. The molecule has 80 valence electrons. The average Bonchev–Trinajstić information content (AvgIpc) is 2.96. The summed E-state index contributed by atoms with van der Waals surface area (Å²) in [6.07, 6.45) is 0. The van der Waals surface area contributed by atoms with Crippen molar-refractivity contribution < 1.29 is 0 Å². The fourth-order valence-electron chi connectivity index (χ4n) is 1.64. The third-order valence-corrected chi connectivity index (χ3v) is 5.96. The van der Waals surface area contributed by atoms with Crippen molar-refractivity contribution in [3.05, 3.63) is 40.4 Å². The van der Waals surface area contributed by atoms with Crippen LogP contribution in [-0.4, -0.2) is 0 Å². The molecule has 0 nitrogen and oxygen atoms in total. The molecule has 16 heavy (non-hydrogen) atoms. The Morgan fingerprint density at radius 1 is 0.875 bits per heavy atom. The summed E-state index contributed by atoms with van der Waals surface area (Å²) in [7, 11) is 2.84. The molecule has 4 heteroatoms. The van der Waals surface area contributed by atoms with Crippen LogP contribution in [0.25, 0.3) is 20.2 Å². The molecule has 1 atom stereocenters.